The van der Waals surface area contributed by atoms with Crippen molar-refractivity contribution in [2.45, 2.75) is 32.9 Å². The van der Waals surface area contributed by atoms with Crippen LogP contribution in [0, 0.1) is 11.3 Å². The largest absolute Gasteiger partial charge is 0.480 e. The highest BCUT2D eigenvalue weighted by molar-refractivity contribution is 6.03. The Morgan fingerprint density at radius 2 is 1.72 bits per heavy atom. The molecule has 1 aliphatic carbocycles. The van der Waals surface area contributed by atoms with Gasteiger partial charge in [-0.2, -0.15) is 0 Å². The monoisotopic (exact) mass is 399 g/mol. The summed E-state index contributed by atoms with van der Waals surface area (Å²) in [6, 6.07) is 21.4. The third kappa shape index (κ3) is 5.89. The first kappa shape index (κ1) is 22.6. The molecule has 0 amide bonds. The topological polar surface area (TPSA) is 95.9 Å². The van der Waals surface area contributed by atoms with Crippen LogP contribution in [0.4, 0.5) is 0 Å². The lowest BCUT2D eigenvalue weighted by molar-refractivity contribution is -0.162. The van der Waals surface area contributed by atoms with Gasteiger partial charge in [0.15, 0.2) is 5.41 Å². The van der Waals surface area contributed by atoms with Gasteiger partial charge < -0.3 is 20.3 Å². The first-order chi connectivity index (χ1) is 14.0. The third-order valence-corrected chi connectivity index (χ3v) is 5.10. The van der Waals surface area contributed by atoms with Crippen molar-refractivity contribution < 1.29 is 24.5 Å². The van der Waals surface area contributed by atoms with Crippen molar-refractivity contribution >= 4 is 11.9 Å². The van der Waals surface area contributed by atoms with E-state index >= 15 is 0 Å². The number of carbonyl (C=O) groups is 2. The Labute approximate surface area is 171 Å². The van der Waals surface area contributed by atoms with Crippen LogP contribution in [0.1, 0.15) is 37.4 Å². The minimum Gasteiger partial charge on any atom is -0.480 e. The Kier molecular flexibility index (Phi) is 8.36. The summed E-state index contributed by atoms with van der Waals surface area (Å²) in [4.78, 5) is 22.0. The molecule has 3 atom stereocenters. The van der Waals surface area contributed by atoms with E-state index in [4.69, 9.17) is 10.2 Å². The average molecular weight is 399 g/mol. The highest BCUT2D eigenvalue weighted by Gasteiger charge is 2.67. The zero-order valence-corrected chi connectivity index (χ0v) is 16.9. The molecular formula is C23H29NO5. The molecule has 0 radical (unpaired) electrons. The number of carboxylic acids is 1. The number of esters is 1. The number of ether oxygens (including phenoxy) is 1. The number of carboxylic acid groups (broad SMARTS) is 1. The SMILES string of the molecule is CCOC(=O)[C@]1(C(=O)O)C[C@H]1CO.C[C@@H](NCc1ccccc1)c1ccccc1. The summed E-state index contributed by atoms with van der Waals surface area (Å²) in [5.41, 5.74) is 1.19. The second-order valence-electron chi connectivity index (χ2n) is 7.08. The van der Waals surface area contributed by atoms with Crippen LogP contribution in [0.5, 0.6) is 0 Å². The fourth-order valence-electron chi connectivity index (χ4n) is 3.14. The maximum absolute atomic E-state index is 11.2. The first-order valence-electron chi connectivity index (χ1n) is 9.79. The summed E-state index contributed by atoms with van der Waals surface area (Å²) in [7, 11) is 0. The molecule has 6 heteroatoms. The fourth-order valence-corrected chi connectivity index (χ4v) is 3.14. The molecule has 0 spiro atoms. The van der Waals surface area contributed by atoms with Gasteiger partial charge in [0.25, 0.3) is 0 Å². The van der Waals surface area contributed by atoms with Crippen molar-refractivity contribution in [1.29, 1.82) is 0 Å². The second-order valence-corrected chi connectivity index (χ2v) is 7.08. The lowest BCUT2D eigenvalue weighted by atomic mass is 10.1. The molecule has 0 bridgehead atoms. The first-order valence-corrected chi connectivity index (χ1v) is 9.79. The van der Waals surface area contributed by atoms with E-state index in [1.165, 1.54) is 11.1 Å². The average Bonchev–Trinajstić information content (AvgIpc) is 3.50. The minimum atomic E-state index is -1.47. The molecule has 1 fully saturated rings. The number of aliphatic carboxylic acids is 1. The van der Waals surface area contributed by atoms with Gasteiger partial charge in [-0.1, -0.05) is 60.7 Å². The predicted molar refractivity (Wildman–Crippen MR) is 110 cm³/mol. The molecule has 3 rings (SSSR count). The van der Waals surface area contributed by atoms with E-state index in [-0.39, 0.29) is 19.6 Å². The molecule has 156 valence electrons. The summed E-state index contributed by atoms with van der Waals surface area (Å²) in [5.74, 6) is -2.42. The maximum atomic E-state index is 11.2. The van der Waals surface area contributed by atoms with E-state index in [0.717, 1.165) is 6.54 Å². The minimum absolute atomic E-state index is 0.159. The highest BCUT2D eigenvalue weighted by Crippen LogP contribution is 2.53. The molecule has 3 N–H and O–H groups in total. The summed E-state index contributed by atoms with van der Waals surface area (Å²) in [6.45, 7) is 4.59. The van der Waals surface area contributed by atoms with Crippen LogP contribution in [0.2, 0.25) is 0 Å². The number of aliphatic hydroxyl groups is 1. The van der Waals surface area contributed by atoms with Crippen LogP contribution in [-0.2, 0) is 20.9 Å². The van der Waals surface area contributed by atoms with Gasteiger partial charge in [-0.25, -0.2) is 0 Å². The number of carbonyl (C=O) groups excluding carboxylic acids is 1. The maximum Gasteiger partial charge on any atom is 0.323 e. The van der Waals surface area contributed by atoms with Gasteiger partial charge in [0, 0.05) is 25.1 Å². The second kappa shape index (κ2) is 10.7. The standard InChI is InChI=1S/C15H17N.C8H12O5/c1-13(15-10-6-3-7-11-15)16-12-14-8-4-2-5-9-14;1-2-13-7(12)8(6(10)11)3-5(8)4-9/h2-11,13,16H,12H2,1H3;5,9H,2-4H2,1H3,(H,10,11)/t13-;5-,8+/m10/s1. The molecule has 0 heterocycles. The fraction of sp³-hybridized carbons (Fsp3) is 0.391. The van der Waals surface area contributed by atoms with Crippen molar-refractivity contribution in [3.8, 4) is 0 Å². The Hall–Kier alpha value is -2.70. The van der Waals surface area contributed by atoms with Crippen LogP contribution in [0.15, 0.2) is 60.7 Å². The number of hydrogen-bond acceptors (Lipinski definition) is 5. The van der Waals surface area contributed by atoms with E-state index in [1.807, 2.05) is 12.1 Å². The van der Waals surface area contributed by atoms with Gasteiger partial charge in [0.2, 0.25) is 0 Å². The van der Waals surface area contributed by atoms with E-state index in [9.17, 15) is 9.59 Å². The highest BCUT2D eigenvalue weighted by atomic mass is 16.5. The molecule has 2 aromatic carbocycles. The van der Waals surface area contributed by atoms with Crippen LogP contribution in [0.25, 0.3) is 0 Å². The molecular weight excluding hydrogens is 370 g/mol. The van der Waals surface area contributed by atoms with Crippen LogP contribution in [0.3, 0.4) is 0 Å². The summed E-state index contributed by atoms with van der Waals surface area (Å²) in [6.07, 6.45) is 0.178. The molecule has 0 aliphatic heterocycles. The zero-order chi connectivity index (χ0) is 21.3. The number of aliphatic hydroxyl groups excluding tert-OH is 1. The molecule has 1 aliphatic rings. The zero-order valence-electron chi connectivity index (χ0n) is 16.9. The molecule has 0 aromatic heterocycles. The van der Waals surface area contributed by atoms with Gasteiger partial charge in [-0.3, -0.25) is 9.59 Å². The van der Waals surface area contributed by atoms with E-state index in [1.54, 1.807) is 6.92 Å². The summed E-state index contributed by atoms with van der Waals surface area (Å²) < 4.78 is 4.63. The van der Waals surface area contributed by atoms with Crippen molar-refractivity contribution in [2.24, 2.45) is 11.3 Å². The number of rotatable bonds is 8. The molecule has 0 saturated heterocycles. The third-order valence-electron chi connectivity index (χ3n) is 5.10. The number of nitrogens with one attached hydrogen (secondary N) is 1. The van der Waals surface area contributed by atoms with Gasteiger partial charge in [0.1, 0.15) is 0 Å². The van der Waals surface area contributed by atoms with E-state index in [0.29, 0.717) is 6.04 Å². The van der Waals surface area contributed by atoms with E-state index < -0.39 is 23.3 Å². The lowest BCUT2D eigenvalue weighted by Gasteiger charge is -2.14. The quantitative estimate of drug-likeness (QED) is 0.466. The van der Waals surface area contributed by atoms with Crippen LogP contribution >= 0.6 is 0 Å². The molecule has 6 nitrogen and oxygen atoms in total. The Morgan fingerprint density at radius 1 is 1.14 bits per heavy atom. The summed E-state index contributed by atoms with van der Waals surface area (Å²) in [5, 5.41) is 21.0. The number of hydrogen-bond donors (Lipinski definition) is 3. The normalized spacial score (nSPS) is 20.7. The van der Waals surface area contributed by atoms with Crippen LogP contribution < -0.4 is 5.32 Å². The molecule has 0 unspecified atom stereocenters. The van der Waals surface area contributed by atoms with Gasteiger partial charge in [0.05, 0.1) is 6.61 Å². The Morgan fingerprint density at radius 3 is 2.21 bits per heavy atom. The van der Waals surface area contributed by atoms with Gasteiger partial charge in [-0.15, -0.1) is 0 Å². The Bertz CT molecular complexity index is 780. The van der Waals surface area contributed by atoms with E-state index in [2.05, 4.69) is 65.5 Å². The number of benzene rings is 2. The summed E-state index contributed by atoms with van der Waals surface area (Å²) >= 11 is 0. The lowest BCUT2D eigenvalue weighted by Crippen LogP contribution is -2.30. The molecule has 1 saturated carbocycles. The Balaban J connectivity index is 0.000000212. The van der Waals surface area contributed by atoms with Crippen molar-refractivity contribution in [3.05, 3.63) is 71.8 Å². The molecule has 2 aromatic rings. The smallest absolute Gasteiger partial charge is 0.323 e. The van der Waals surface area contributed by atoms with Crippen molar-refractivity contribution in [3.63, 3.8) is 0 Å². The van der Waals surface area contributed by atoms with Crippen molar-refractivity contribution in [1.82, 2.24) is 5.32 Å². The van der Waals surface area contributed by atoms with Gasteiger partial charge >= 0.3 is 11.9 Å². The molecule has 29 heavy (non-hydrogen) atoms. The predicted octanol–water partition coefficient (Wildman–Crippen LogP) is 3.17. The van der Waals surface area contributed by atoms with Crippen LogP contribution in [-0.4, -0.2) is 35.4 Å². The van der Waals surface area contributed by atoms with Gasteiger partial charge in [-0.05, 0) is 31.4 Å². The van der Waals surface area contributed by atoms with Crippen molar-refractivity contribution in [2.75, 3.05) is 13.2 Å².